The molecular formula is C18H24N2O5. The third-order valence-electron chi connectivity index (χ3n) is 5.11. The Balaban J connectivity index is 1.88. The molecule has 0 spiro atoms. The summed E-state index contributed by atoms with van der Waals surface area (Å²) in [4.78, 5) is 38.6. The number of aryl methyl sites for hydroxylation is 1. The summed E-state index contributed by atoms with van der Waals surface area (Å²) in [7, 11) is 1.30. The fourth-order valence-electron chi connectivity index (χ4n) is 3.73. The average molecular weight is 348 g/mol. The number of carbonyl (C=O) groups is 2. The Labute approximate surface area is 146 Å². The molecule has 0 saturated carbocycles. The predicted octanol–water partition coefficient (Wildman–Crippen LogP) is 1.19. The maximum absolute atomic E-state index is 12.9. The number of nitrogens with one attached hydrogen (secondary N) is 1. The first-order chi connectivity index (χ1) is 12.0. The van der Waals surface area contributed by atoms with Crippen LogP contribution in [0.3, 0.4) is 0 Å². The minimum Gasteiger partial charge on any atom is -0.467 e. The normalized spacial score (nSPS) is 21.4. The van der Waals surface area contributed by atoms with Gasteiger partial charge in [-0.2, -0.15) is 0 Å². The molecule has 0 bridgehead atoms. The van der Waals surface area contributed by atoms with Crippen LogP contribution in [-0.4, -0.2) is 49.6 Å². The number of hydrogen-bond donors (Lipinski definition) is 1. The first kappa shape index (κ1) is 17.7. The van der Waals surface area contributed by atoms with E-state index in [1.807, 2.05) is 0 Å². The molecule has 1 amide bonds. The smallest absolute Gasteiger partial charge is 0.349 e. The van der Waals surface area contributed by atoms with Crippen LogP contribution in [0.1, 0.15) is 53.3 Å². The Morgan fingerprint density at radius 1 is 1.28 bits per heavy atom. The van der Waals surface area contributed by atoms with E-state index in [2.05, 4.69) is 5.32 Å². The maximum atomic E-state index is 12.9. The first-order valence-electron chi connectivity index (χ1n) is 8.77. The van der Waals surface area contributed by atoms with Crippen LogP contribution in [0.5, 0.6) is 0 Å². The van der Waals surface area contributed by atoms with Crippen molar-refractivity contribution >= 4 is 11.9 Å². The van der Waals surface area contributed by atoms with Gasteiger partial charge < -0.3 is 19.4 Å². The lowest BCUT2D eigenvalue weighted by Crippen LogP contribution is -2.43. The second-order valence-corrected chi connectivity index (χ2v) is 6.70. The molecule has 2 aliphatic heterocycles. The second-order valence-electron chi connectivity index (χ2n) is 6.70. The Bertz CT molecular complexity index is 721. The molecule has 0 aliphatic carbocycles. The number of esters is 1. The molecule has 7 heteroatoms. The molecule has 2 saturated heterocycles. The van der Waals surface area contributed by atoms with Crippen LogP contribution in [0.15, 0.2) is 15.3 Å². The summed E-state index contributed by atoms with van der Waals surface area (Å²) >= 11 is 0. The summed E-state index contributed by atoms with van der Waals surface area (Å²) in [6, 6.07) is 1.17. The van der Waals surface area contributed by atoms with Gasteiger partial charge in [-0.15, -0.1) is 0 Å². The van der Waals surface area contributed by atoms with Crippen molar-refractivity contribution in [1.82, 2.24) is 10.2 Å². The Morgan fingerprint density at radius 2 is 2.00 bits per heavy atom. The van der Waals surface area contributed by atoms with Crippen LogP contribution in [0, 0.1) is 6.92 Å². The quantitative estimate of drug-likeness (QED) is 0.826. The average Bonchev–Trinajstić information content (AvgIpc) is 3.10. The van der Waals surface area contributed by atoms with Gasteiger partial charge in [0.15, 0.2) is 0 Å². The zero-order valence-electron chi connectivity index (χ0n) is 14.7. The van der Waals surface area contributed by atoms with E-state index in [-0.39, 0.29) is 11.5 Å². The molecule has 1 aromatic rings. The van der Waals surface area contributed by atoms with E-state index < -0.39 is 23.5 Å². The fraction of sp³-hybridized carbons (Fsp3) is 0.611. The predicted molar refractivity (Wildman–Crippen MR) is 90.6 cm³/mol. The van der Waals surface area contributed by atoms with Gasteiger partial charge in [-0.1, -0.05) is 0 Å². The minimum absolute atomic E-state index is 0.0217. The SMILES string of the molecule is COC(=O)C1CCCN1C(=O)c1c(C)cc(C2CCNCC2)oc1=O. The lowest BCUT2D eigenvalue weighted by molar-refractivity contribution is -0.145. The number of rotatable bonds is 3. The second kappa shape index (κ2) is 7.39. The van der Waals surface area contributed by atoms with E-state index in [1.165, 1.54) is 12.0 Å². The number of amides is 1. The van der Waals surface area contributed by atoms with Gasteiger partial charge in [0.2, 0.25) is 0 Å². The van der Waals surface area contributed by atoms with Crippen LogP contribution >= 0.6 is 0 Å². The number of piperidine rings is 1. The molecule has 0 aromatic carbocycles. The van der Waals surface area contributed by atoms with Gasteiger partial charge in [-0.05, 0) is 57.3 Å². The van der Waals surface area contributed by atoms with Crippen LogP contribution < -0.4 is 10.9 Å². The lowest BCUT2D eigenvalue weighted by atomic mass is 9.94. The number of ether oxygens (including phenoxy) is 1. The van der Waals surface area contributed by atoms with Crippen molar-refractivity contribution in [3.63, 3.8) is 0 Å². The van der Waals surface area contributed by atoms with E-state index in [9.17, 15) is 14.4 Å². The zero-order chi connectivity index (χ0) is 18.0. The lowest BCUT2D eigenvalue weighted by Gasteiger charge is -2.24. The molecule has 0 radical (unpaired) electrons. The molecule has 2 fully saturated rings. The topological polar surface area (TPSA) is 88.8 Å². The van der Waals surface area contributed by atoms with Crippen LogP contribution in [0.25, 0.3) is 0 Å². The van der Waals surface area contributed by atoms with Crippen molar-refractivity contribution in [2.24, 2.45) is 0 Å². The minimum atomic E-state index is -0.625. The van der Waals surface area contributed by atoms with Gasteiger partial charge in [-0.3, -0.25) is 4.79 Å². The molecule has 3 heterocycles. The van der Waals surface area contributed by atoms with Gasteiger partial charge in [0.25, 0.3) is 5.91 Å². The highest BCUT2D eigenvalue weighted by atomic mass is 16.5. The highest BCUT2D eigenvalue weighted by Crippen LogP contribution is 2.27. The van der Waals surface area contributed by atoms with E-state index in [4.69, 9.17) is 9.15 Å². The van der Waals surface area contributed by atoms with Gasteiger partial charge in [-0.25, -0.2) is 9.59 Å². The maximum Gasteiger partial charge on any atom is 0.349 e. The first-order valence-corrected chi connectivity index (χ1v) is 8.77. The molecule has 1 unspecified atom stereocenters. The molecular weight excluding hydrogens is 324 g/mol. The van der Waals surface area contributed by atoms with Crippen LogP contribution in [0.2, 0.25) is 0 Å². The van der Waals surface area contributed by atoms with E-state index in [0.29, 0.717) is 30.7 Å². The molecule has 7 nitrogen and oxygen atoms in total. The van der Waals surface area contributed by atoms with Crippen molar-refractivity contribution in [2.75, 3.05) is 26.7 Å². The highest BCUT2D eigenvalue weighted by Gasteiger charge is 2.37. The molecule has 1 atom stereocenters. The van der Waals surface area contributed by atoms with Crippen molar-refractivity contribution in [3.05, 3.63) is 33.4 Å². The molecule has 1 aromatic heterocycles. The van der Waals surface area contributed by atoms with Gasteiger partial charge >= 0.3 is 11.6 Å². The zero-order valence-corrected chi connectivity index (χ0v) is 14.7. The van der Waals surface area contributed by atoms with Crippen molar-refractivity contribution < 1.29 is 18.7 Å². The summed E-state index contributed by atoms with van der Waals surface area (Å²) in [6.45, 7) is 3.97. The summed E-state index contributed by atoms with van der Waals surface area (Å²) in [6.07, 6.45) is 3.08. The summed E-state index contributed by atoms with van der Waals surface area (Å²) in [5, 5.41) is 3.28. The van der Waals surface area contributed by atoms with E-state index >= 15 is 0 Å². The third-order valence-corrected chi connectivity index (χ3v) is 5.11. The largest absolute Gasteiger partial charge is 0.467 e. The standard InChI is InChI=1S/C18H24N2O5/c1-11-10-14(12-5-7-19-8-6-12)25-18(23)15(11)16(21)20-9-3-4-13(20)17(22)24-2/h10,12-13,19H,3-9H2,1-2H3. The van der Waals surface area contributed by atoms with E-state index in [0.717, 1.165) is 25.9 Å². The van der Waals surface area contributed by atoms with Crippen molar-refractivity contribution in [2.45, 2.75) is 44.6 Å². The van der Waals surface area contributed by atoms with Crippen LogP contribution in [0.4, 0.5) is 0 Å². The van der Waals surface area contributed by atoms with Crippen LogP contribution in [-0.2, 0) is 9.53 Å². The number of nitrogens with zero attached hydrogens (tertiary/aromatic N) is 1. The van der Waals surface area contributed by atoms with Gasteiger partial charge in [0.05, 0.1) is 7.11 Å². The number of likely N-dealkylation sites (tertiary alicyclic amines) is 1. The third kappa shape index (κ3) is 3.46. The molecule has 2 aliphatic rings. The highest BCUT2D eigenvalue weighted by molar-refractivity contribution is 5.97. The molecule has 25 heavy (non-hydrogen) atoms. The molecule has 136 valence electrons. The van der Waals surface area contributed by atoms with Crippen molar-refractivity contribution in [1.29, 1.82) is 0 Å². The fourth-order valence-corrected chi connectivity index (χ4v) is 3.73. The van der Waals surface area contributed by atoms with Gasteiger partial charge in [0.1, 0.15) is 17.4 Å². The molecule has 3 rings (SSSR count). The molecule has 1 N–H and O–H groups in total. The van der Waals surface area contributed by atoms with Gasteiger partial charge in [0, 0.05) is 12.5 Å². The number of carbonyl (C=O) groups excluding carboxylic acids is 2. The monoisotopic (exact) mass is 348 g/mol. The Hall–Kier alpha value is -2.15. The van der Waals surface area contributed by atoms with E-state index in [1.54, 1.807) is 13.0 Å². The number of methoxy groups -OCH3 is 1. The summed E-state index contributed by atoms with van der Waals surface area (Å²) < 4.78 is 10.3. The Morgan fingerprint density at radius 3 is 2.64 bits per heavy atom. The summed E-state index contributed by atoms with van der Waals surface area (Å²) in [5.74, 6) is -0.0480. The van der Waals surface area contributed by atoms with Crippen molar-refractivity contribution in [3.8, 4) is 0 Å². The summed E-state index contributed by atoms with van der Waals surface area (Å²) in [5.41, 5.74) is 0.00725. The Kier molecular flexibility index (Phi) is 5.22. The number of hydrogen-bond acceptors (Lipinski definition) is 6.